The molecule has 0 aromatic heterocycles. The van der Waals surface area contributed by atoms with Crippen LogP contribution in [0.25, 0.3) is 0 Å². The fraction of sp³-hybridized carbons (Fsp3) is 0.889. The molecule has 0 unspecified atom stereocenters. The number of hydrogen-bond donors (Lipinski definition) is 1. The highest BCUT2D eigenvalue weighted by Crippen LogP contribution is 2.21. The highest BCUT2D eigenvalue weighted by molar-refractivity contribution is 5.78. The molecule has 1 rings (SSSR count). The smallest absolute Gasteiger partial charge is 0.225 e. The van der Waals surface area contributed by atoms with Crippen molar-refractivity contribution in [3.05, 3.63) is 0 Å². The fourth-order valence-electron chi connectivity index (χ4n) is 1.50. The molecular formula is C9H17NO2. The summed E-state index contributed by atoms with van der Waals surface area (Å²) < 4.78 is 0. The normalized spacial score (nSPS) is 29.9. The molecule has 12 heavy (non-hydrogen) atoms. The lowest BCUT2D eigenvalue weighted by Gasteiger charge is -2.20. The van der Waals surface area contributed by atoms with E-state index in [1.54, 1.807) is 11.8 Å². The number of hydrogen-bond acceptors (Lipinski definition) is 2. The van der Waals surface area contributed by atoms with Crippen molar-refractivity contribution in [3.63, 3.8) is 0 Å². The van der Waals surface area contributed by atoms with Gasteiger partial charge in [-0.3, -0.25) is 4.79 Å². The van der Waals surface area contributed by atoms with Crippen molar-refractivity contribution in [3.8, 4) is 0 Å². The fourth-order valence-corrected chi connectivity index (χ4v) is 1.50. The second kappa shape index (κ2) is 3.05. The van der Waals surface area contributed by atoms with Crippen LogP contribution in [0.1, 0.15) is 27.2 Å². The molecule has 1 fully saturated rings. The van der Waals surface area contributed by atoms with Crippen LogP contribution in [0.15, 0.2) is 0 Å². The third-order valence-electron chi connectivity index (χ3n) is 2.26. The monoisotopic (exact) mass is 171 g/mol. The van der Waals surface area contributed by atoms with E-state index in [2.05, 4.69) is 0 Å². The van der Waals surface area contributed by atoms with Gasteiger partial charge in [-0.05, 0) is 13.3 Å². The van der Waals surface area contributed by atoms with Crippen LogP contribution >= 0.6 is 0 Å². The predicted octanol–water partition coefficient (Wildman–Crippen LogP) is 0.626. The molecule has 1 heterocycles. The molecule has 0 aliphatic carbocycles. The van der Waals surface area contributed by atoms with E-state index in [-0.39, 0.29) is 11.8 Å². The van der Waals surface area contributed by atoms with Gasteiger partial charge in [0.25, 0.3) is 0 Å². The van der Waals surface area contributed by atoms with E-state index in [9.17, 15) is 9.90 Å². The summed E-state index contributed by atoms with van der Waals surface area (Å²) in [5, 5.41) is 9.60. The first-order chi connectivity index (χ1) is 5.42. The van der Waals surface area contributed by atoms with E-state index in [1.165, 1.54) is 0 Å². The van der Waals surface area contributed by atoms with Crippen LogP contribution in [0.3, 0.4) is 0 Å². The Labute approximate surface area is 73.4 Å². The van der Waals surface area contributed by atoms with Crippen molar-refractivity contribution in [1.82, 2.24) is 4.90 Å². The molecule has 0 bridgehead atoms. The van der Waals surface area contributed by atoms with Gasteiger partial charge in [0.1, 0.15) is 0 Å². The summed E-state index contributed by atoms with van der Waals surface area (Å²) in [5.74, 6) is 0.187. The van der Waals surface area contributed by atoms with Crippen molar-refractivity contribution in [2.75, 3.05) is 13.1 Å². The molecule has 1 saturated heterocycles. The Kier molecular flexibility index (Phi) is 2.42. The summed E-state index contributed by atoms with van der Waals surface area (Å²) in [7, 11) is 0. The van der Waals surface area contributed by atoms with Crippen molar-refractivity contribution < 1.29 is 9.90 Å². The zero-order chi connectivity index (χ0) is 9.35. The highest BCUT2D eigenvalue weighted by Gasteiger charge is 2.34. The van der Waals surface area contributed by atoms with Crippen molar-refractivity contribution >= 4 is 5.91 Å². The molecule has 3 nitrogen and oxygen atoms in total. The average molecular weight is 171 g/mol. The quantitative estimate of drug-likeness (QED) is 0.628. The molecular weight excluding hydrogens is 154 g/mol. The van der Waals surface area contributed by atoms with Gasteiger partial charge in [-0.15, -0.1) is 0 Å². The minimum Gasteiger partial charge on any atom is -0.388 e. The number of amides is 1. The first-order valence-corrected chi connectivity index (χ1v) is 4.43. The van der Waals surface area contributed by atoms with Crippen LogP contribution in [-0.4, -0.2) is 34.6 Å². The lowest BCUT2D eigenvalue weighted by Crippen LogP contribution is -2.36. The van der Waals surface area contributed by atoms with Gasteiger partial charge in [0.05, 0.1) is 5.60 Å². The van der Waals surface area contributed by atoms with E-state index < -0.39 is 5.60 Å². The third kappa shape index (κ3) is 1.97. The Morgan fingerprint density at radius 3 is 2.50 bits per heavy atom. The first-order valence-electron chi connectivity index (χ1n) is 4.43. The second-order valence-corrected chi connectivity index (χ2v) is 4.16. The van der Waals surface area contributed by atoms with Crippen LogP contribution in [0, 0.1) is 5.92 Å². The molecule has 70 valence electrons. The maximum absolute atomic E-state index is 11.4. The number of likely N-dealkylation sites (tertiary alicyclic amines) is 1. The largest absolute Gasteiger partial charge is 0.388 e. The summed E-state index contributed by atoms with van der Waals surface area (Å²) in [6.07, 6.45) is 0.700. The number of rotatable bonds is 1. The number of aliphatic hydroxyl groups is 1. The van der Waals surface area contributed by atoms with Gasteiger partial charge in [-0.2, -0.15) is 0 Å². The van der Waals surface area contributed by atoms with Crippen LogP contribution in [0.4, 0.5) is 0 Å². The zero-order valence-corrected chi connectivity index (χ0v) is 8.00. The average Bonchev–Trinajstić information content (AvgIpc) is 2.28. The molecule has 1 amide bonds. The van der Waals surface area contributed by atoms with Crippen molar-refractivity contribution in [2.45, 2.75) is 32.8 Å². The number of nitrogens with zero attached hydrogens (tertiary/aromatic N) is 1. The van der Waals surface area contributed by atoms with E-state index >= 15 is 0 Å². The molecule has 0 aromatic carbocycles. The van der Waals surface area contributed by atoms with Gasteiger partial charge in [-0.1, -0.05) is 13.8 Å². The van der Waals surface area contributed by atoms with Crippen molar-refractivity contribution in [2.24, 2.45) is 5.92 Å². The molecule has 1 aliphatic rings. The summed E-state index contributed by atoms with van der Waals surface area (Å²) in [6, 6.07) is 0. The lowest BCUT2D eigenvalue weighted by molar-refractivity contribution is -0.134. The standard InChI is InChI=1S/C9H17NO2/c1-7(2)8(11)10-5-4-9(3,12)6-10/h7,12H,4-6H2,1-3H3/t9-/m0/s1. The topological polar surface area (TPSA) is 40.5 Å². The molecule has 0 saturated carbocycles. The van der Waals surface area contributed by atoms with Crippen molar-refractivity contribution in [1.29, 1.82) is 0 Å². The van der Waals surface area contributed by atoms with Gasteiger partial charge in [-0.25, -0.2) is 0 Å². The summed E-state index contributed by atoms with van der Waals surface area (Å²) in [4.78, 5) is 13.2. The van der Waals surface area contributed by atoms with Crippen LogP contribution in [0.2, 0.25) is 0 Å². The second-order valence-electron chi connectivity index (χ2n) is 4.16. The van der Waals surface area contributed by atoms with Gasteiger partial charge >= 0.3 is 0 Å². The van der Waals surface area contributed by atoms with E-state index in [1.807, 2.05) is 13.8 Å². The van der Waals surface area contributed by atoms with Gasteiger partial charge in [0, 0.05) is 19.0 Å². The predicted molar refractivity (Wildman–Crippen MR) is 46.7 cm³/mol. The Hall–Kier alpha value is -0.570. The maximum Gasteiger partial charge on any atom is 0.225 e. The minimum absolute atomic E-state index is 0.0406. The molecule has 1 atom stereocenters. The number of β-amino-alcohol motifs (C(OH)–C–C–N with tert-alkyl or cyclic N) is 1. The molecule has 3 heteroatoms. The Bertz CT molecular complexity index is 187. The summed E-state index contributed by atoms with van der Waals surface area (Å²) >= 11 is 0. The molecule has 0 aromatic rings. The number of carbonyl (C=O) groups is 1. The Morgan fingerprint density at radius 1 is 1.58 bits per heavy atom. The maximum atomic E-state index is 11.4. The molecule has 1 N–H and O–H groups in total. The summed E-state index contributed by atoms with van der Waals surface area (Å²) in [6.45, 7) is 6.74. The molecule has 0 spiro atoms. The lowest BCUT2D eigenvalue weighted by atomic mass is 10.1. The zero-order valence-electron chi connectivity index (χ0n) is 8.00. The van der Waals surface area contributed by atoms with Gasteiger partial charge < -0.3 is 10.0 Å². The SMILES string of the molecule is CC(C)C(=O)N1CC[C@](C)(O)C1. The van der Waals surface area contributed by atoms with Crippen LogP contribution in [-0.2, 0) is 4.79 Å². The summed E-state index contributed by atoms with van der Waals surface area (Å²) in [5.41, 5.74) is -0.662. The number of carbonyl (C=O) groups excluding carboxylic acids is 1. The first kappa shape index (κ1) is 9.52. The Balaban J connectivity index is 2.53. The third-order valence-corrected chi connectivity index (χ3v) is 2.26. The Morgan fingerprint density at radius 2 is 2.17 bits per heavy atom. The molecule has 0 radical (unpaired) electrons. The highest BCUT2D eigenvalue weighted by atomic mass is 16.3. The van der Waals surface area contributed by atoms with E-state index in [0.29, 0.717) is 19.5 Å². The van der Waals surface area contributed by atoms with E-state index in [4.69, 9.17) is 0 Å². The van der Waals surface area contributed by atoms with E-state index in [0.717, 1.165) is 0 Å². The van der Waals surface area contributed by atoms with Crippen LogP contribution in [0.5, 0.6) is 0 Å². The van der Waals surface area contributed by atoms with Gasteiger partial charge in [0.15, 0.2) is 0 Å². The van der Waals surface area contributed by atoms with Crippen LogP contribution < -0.4 is 0 Å². The van der Waals surface area contributed by atoms with Gasteiger partial charge in [0.2, 0.25) is 5.91 Å². The molecule has 1 aliphatic heterocycles. The minimum atomic E-state index is -0.662.